The summed E-state index contributed by atoms with van der Waals surface area (Å²) in [5, 5.41) is 56.5. The SMILES string of the molecule is CC.CCOC(=O)CCSCC1c2cccc(O)c2C(O)=C2C(=O)C3(O)C(O)=C(C(N)=O)C(=O)C(N(C)C)C3C(O)C21. The Bertz CT molecular complexity index is 1340. The standard InChI is InChI=1S/C27H32N2O10S.C2H6/c1-4-39-14(31)8-9-40-10-12-11-6-5-7-13(30)15(11)21(32)17-16(12)22(33)19-20(29(2)3)23(34)18(26(28)37)25(36)27(19,38)24(17)35;1-2/h5-7,12,16,19-20,22,30,32-33,36,38H,4,8-10H2,1-3H3,(H2,28,37);1-2H3. The maximum Gasteiger partial charge on any atom is 0.306 e. The summed E-state index contributed by atoms with van der Waals surface area (Å²) in [7, 11) is 2.89. The van der Waals surface area contributed by atoms with E-state index in [1.165, 1.54) is 42.9 Å². The van der Waals surface area contributed by atoms with Crippen molar-refractivity contribution in [3.05, 3.63) is 46.2 Å². The van der Waals surface area contributed by atoms with Crippen LogP contribution in [0.5, 0.6) is 5.75 Å². The zero-order chi connectivity index (χ0) is 31.7. The Morgan fingerprint density at radius 3 is 2.36 bits per heavy atom. The minimum Gasteiger partial charge on any atom is -0.508 e. The first kappa shape index (κ1) is 33.1. The molecule has 4 rings (SSSR count). The second-order valence-electron chi connectivity index (χ2n) is 10.2. The van der Waals surface area contributed by atoms with Crippen molar-refractivity contribution in [2.24, 2.45) is 17.6 Å². The minimum atomic E-state index is -2.98. The number of rotatable bonds is 8. The van der Waals surface area contributed by atoms with Crippen LogP contribution in [-0.4, -0.2) is 104 Å². The Morgan fingerprint density at radius 1 is 1.14 bits per heavy atom. The number of hydrogen-bond donors (Lipinski definition) is 6. The molecule has 13 heteroatoms. The molecule has 3 aliphatic rings. The number of nitrogens with zero attached hydrogens (tertiary/aromatic N) is 1. The molecule has 7 N–H and O–H groups in total. The van der Waals surface area contributed by atoms with Crippen molar-refractivity contribution in [3.8, 4) is 5.75 Å². The number of phenols is 1. The van der Waals surface area contributed by atoms with E-state index in [2.05, 4.69) is 0 Å². The summed E-state index contributed by atoms with van der Waals surface area (Å²) in [5.41, 5.74) is 1.25. The summed E-state index contributed by atoms with van der Waals surface area (Å²) in [6, 6.07) is 3.02. The topological polar surface area (TPSA) is 208 Å². The van der Waals surface area contributed by atoms with Gasteiger partial charge in [-0.25, -0.2) is 0 Å². The number of amides is 1. The molecule has 0 heterocycles. The van der Waals surface area contributed by atoms with E-state index < -0.39 is 81.6 Å². The van der Waals surface area contributed by atoms with Gasteiger partial charge in [0.15, 0.2) is 11.4 Å². The first-order valence-corrected chi connectivity index (χ1v) is 14.8. The Hall–Kier alpha value is -3.39. The van der Waals surface area contributed by atoms with Crippen molar-refractivity contribution >= 4 is 41.0 Å². The molecule has 0 radical (unpaired) electrons. The third-order valence-corrected chi connectivity index (χ3v) is 8.94. The van der Waals surface area contributed by atoms with E-state index in [1.54, 1.807) is 13.0 Å². The number of phenolic OH excluding ortho intramolecular Hbond substituents is 1. The number of Topliss-reactive ketones (excluding diaryl/α,β-unsaturated/α-hetero) is 2. The highest BCUT2D eigenvalue weighted by Crippen LogP contribution is 2.56. The molecule has 1 aromatic rings. The van der Waals surface area contributed by atoms with Crippen LogP contribution in [0, 0.1) is 11.8 Å². The van der Waals surface area contributed by atoms with Crippen molar-refractivity contribution in [2.75, 3.05) is 32.2 Å². The summed E-state index contributed by atoms with van der Waals surface area (Å²) < 4.78 is 4.95. The average Bonchev–Trinajstić information content (AvgIpc) is 2.93. The summed E-state index contributed by atoms with van der Waals surface area (Å²) >= 11 is 1.32. The molecule has 0 spiro atoms. The number of nitrogens with two attached hydrogens (primary N) is 1. The van der Waals surface area contributed by atoms with Crippen molar-refractivity contribution in [3.63, 3.8) is 0 Å². The van der Waals surface area contributed by atoms with Crippen LogP contribution in [0.2, 0.25) is 0 Å². The van der Waals surface area contributed by atoms with Gasteiger partial charge in [-0.1, -0.05) is 26.0 Å². The second kappa shape index (κ2) is 12.9. The number of fused-ring (bicyclic) bond motifs is 3. The molecule has 0 saturated heterocycles. The van der Waals surface area contributed by atoms with Gasteiger partial charge in [-0.05, 0) is 32.6 Å². The smallest absolute Gasteiger partial charge is 0.306 e. The highest BCUT2D eigenvalue weighted by Gasteiger charge is 2.68. The zero-order valence-electron chi connectivity index (χ0n) is 24.2. The largest absolute Gasteiger partial charge is 0.508 e. The highest BCUT2D eigenvalue weighted by molar-refractivity contribution is 7.99. The fraction of sp³-hybridized carbons (Fsp3) is 0.517. The number of benzene rings is 1. The van der Waals surface area contributed by atoms with Gasteiger partial charge >= 0.3 is 5.97 Å². The summed E-state index contributed by atoms with van der Waals surface area (Å²) in [6.45, 7) is 5.92. The lowest BCUT2D eigenvalue weighted by molar-refractivity contribution is -0.169. The van der Waals surface area contributed by atoms with Crippen LogP contribution in [0.3, 0.4) is 0 Å². The summed E-state index contributed by atoms with van der Waals surface area (Å²) in [6.07, 6.45) is -1.59. The third-order valence-electron chi connectivity index (χ3n) is 7.85. The number of ketones is 2. The maximum atomic E-state index is 14.1. The van der Waals surface area contributed by atoms with Crippen molar-refractivity contribution in [1.29, 1.82) is 0 Å². The molecule has 3 aliphatic carbocycles. The Morgan fingerprint density at radius 2 is 1.79 bits per heavy atom. The van der Waals surface area contributed by atoms with Crippen molar-refractivity contribution in [2.45, 2.75) is 50.9 Å². The predicted molar refractivity (Wildman–Crippen MR) is 155 cm³/mol. The lowest BCUT2D eigenvalue weighted by Crippen LogP contribution is -2.70. The number of ether oxygens (including phenoxy) is 1. The number of aliphatic hydroxyl groups excluding tert-OH is 3. The lowest BCUT2D eigenvalue weighted by Gasteiger charge is -2.54. The molecule has 1 fully saturated rings. The molecular weight excluding hydrogens is 568 g/mol. The molecule has 230 valence electrons. The molecule has 1 aromatic carbocycles. The number of aromatic hydroxyl groups is 1. The van der Waals surface area contributed by atoms with Crippen molar-refractivity contribution in [1.82, 2.24) is 4.90 Å². The Kier molecular flexibility index (Phi) is 10.1. The molecule has 1 amide bonds. The number of hydrogen-bond acceptors (Lipinski definition) is 12. The van der Waals surface area contributed by atoms with Crippen LogP contribution in [0.4, 0.5) is 0 Å². The van der Waals surface area contributed by atoms with Gasteiger partial charge < -0.3 is 36.0 Å². The molecule has 6 unspecified atom stereocenters. The van der Waals surface area contributed by atoms with Gasteiger partial charge in [0.05, 0.1) is 36.7 Å². The normalized spacial score (nSPS) is 28.4. The number of carbonyl (C=O) groups excluding carboxylic acids is 4. The van der Waals surface area contributed by atoms with Gasteiger partial charge in [0.25, 0.3) is 5.91 Å². The fourth-order valence-electron chi connectivity index (χ4n) is 6.19. The molecule has 1 saturated carbocycles. The molecular formula is C29H38N2O10S. The van der Waals surface area contributed by atoms with Crippen LogP contribution in [0.25, 0.3) is 5.76 Å². The third kappa shape index (κ3) is 5.19. The molecule has 0 aliphatic heterocycles. The number of esters is 1. The van der Waals surface area contributed by atoms with Crippen LogP contribution in [-0.2, 0) is 23.9 Å². The first-order valence-electron chi connectivity index (χ1n) is 13.7. The fourth-order valence-corrected chi connectivity index (χ4v) is 7.31. The van der Waals surface area contributed by atoms with Crippen LogP contribution in [0.15, 0.2) is 35.1 Å². The van der Waals surface area contributed by atoms with E-state index in [9.17, 15) is 44.7 Å². The summed E-state index contributed by atoms with van der Waals surface area (Å²) in [5.74, 6) is -9.32. The predicted octanol–water partition coefficient (Wildman–Crippen LogP) is 1.19. The molecule has 6 atom stereocenters. The van der Waals surface area contributed by atoms with Crippen LogP contribution < -0.4 is 5.73 Å². The van der Waals surface area contributed by atoms with Crippen molar-refractivity contribution < 1.29 is 49.4 Å². The Labute approximate surface area is 247 Å². The molecule has 12 nitrogen and oxygen atoms in total. The molecule has 0 bridgehead atoms. The van der Waals surface area contributed by atoms with E-state index in [1.807, 2.05) is 13.8 Å². The average molecular weight is 607 g/mol. The number of primary amides is 1. The van der Waals surface area contributed by atoms with Gasteiger partial charge in [-0.15, -0.1) is 0 Å². The van der Waals surface area contributed by atoms with E-state index in [0.29, 0.717) is 11.3 Å². The highest BCUT2D eigenvalue weighted by atomic mass is 32.2. The van der Waals surface area contributed by atoms with E-state index in [0.717, 1.165) is 0 Å². The molecule has 0 aromatic heterocycles. The van der Waals surface area contributed by atoms with Gasteiger partial charge in [0.2, 0.25) is 5.78 Å². The van der Waals surface area contributed by atoms with E-state index >= 15 is 0 Å². The van der Waals surface area contributed by atoms with Gasteiger partial charge in [0.1, 0.15) is 22.8 Å². The second-order valence-corrected chi connectivity index (χ2v) is 11.4. The number of aliphatic hydroxyl groups is 4. The van der Waals surface area contributed by atoms with Crippen LogP contribution in [0.1, 0.15) is 44.2 Å². The van der Waals surface area contributed by atoms with Gasteiger partial charge in [-0.3, -0.25) is 24.1 Å². The minimum absolute atomic E-state index is 0.0815. The molecule has 42 heavy (non-hydrogen) atoms. The maximum absolute atomic E-state index is 14.1. The Balaban J connectivity index is 0.00000237. The van der Waals surface area contributed by atoms with Gasteiger partial charge in [-0.2, -0.15) is 11.8 Å². The number of likely N-dealkylation sites (N-methyl/N-ethyl adjacent to an activating group) is 1. The monoisotopic (exact) mass is 606 g/mol. The summed E-state index contributed by atoms with van der Waals surface area (Å²) in [4.78, 5) is 52.7. The van der Waals surface area contributed by atoms with E-state index in [4.69, 9.17) is 10.5 Å². The van der Waals surface area contributed by atoms with Gasteiger partial charge in [0, 0.05) is 28.9 Å². The number of thioether (sulfide) groups is 1. The first-order chi connectivity index (χ1) is 19.8. The number of carbonyl (C=O) groups is 4. The van der Waals surface area contributed by atoms with Crippen LogP contribution >= 0.6 is 11.8 Å². The van der Waals surface area contributed by atoms with E-state index in [-0.39, 0.29) is 30.1 Å². The quantitative estimate of drug-likeness (QED) is 0.140. The zero-order valence-corrected chi connectivity index (χ0v) is 25.0. The lowest BCUT2D eigenvalue weighted by atomic mass is 9.54.